The third-order valence-electron chi connectivity index (χ3n) is 20.2. The van der Waals surface area contributed by atoms with E-state index in [1.165, 1.54) is 0 Å². The van der Waals surface area contributed by atoms with Gasteiger partial charge in [-0.15, -0.1) is 0 Å². The van der Waals surface area contributed by atoms with E-state index in [9.17, 15) is 30.3 Å². The highest BCUT2D eigenvalue weighted by molar-refractivity contribution is 5.67. The average Bonchev–Trinajstić information content (AvgIpc) is 3.71. The molecule has 10 rings (SSSR count). The second-order valence-electron chi connectivity index (χ2n) is 27.0. The van der Waals surface area contributed by atoms with E-state index < -0.39 is 70.6 Å². The van der Waals surface area contributed by atoms with Gasteiger partial charge >= 0.3 is 5.97 Å². The largest absolute Gasteiger partial charge is 0.481 e. The van der Waals surface area contributed by atoms with Crippen molar-refractivity contribution >= 4 is 5.97 Å². The minimum absolute atomic E-state index is 0.0239. The topological polar surface area (TPSA) is 211 Å². The number of hydrogen-bond donors (Lipinski definition) is 5. The molecule has 10 aliphatic heterocycles. The molecule has 0 aliphatic carbocycles. The summed E-state index contributed by atoms with van der Waals surface area (Å²) in [5.41, 5.74) is -2.18. The van der Waals surface area contributed by atoms with Crippen LogP contribution in [0.15, 0.2) is 36.0 Å². The van der Waals surface area contributed by atoms with Crippen LogP contribution >= 0.6 is 0 Å². The Balaban J connectivity index is 0.794. The fraction of sp³-hybridized carbons (Fsp3) is 0.883. The standard InChI is InChI=1S/C60H94O16/c1-31(19-32(2)29-61)20-42-34(4)22-48-57(8,75-42)28-45-54(72-48)55(65)60(11)50(70-45)27-44-53(76-60)33(3)13-12-14-40-39(68-44)15-16-46-58(9,73-40)30-59(10)49(71-46)26-43-41(74-59)17-18-56(7,66)47(69-43)25-37(62)24-38-21-35(5)52(67-38)36(6)23-51(63)64/h12-13,19,32-33,35-50,52-55,61-62,65-66H,4,14-18,20-30H2,1-3,5-11H3,(H,63,64)/b13-12-,31-19+/t32-,33-,35-,36+,37-,38+,39-,40+,41-,42+,43+,44+,45+,46+,47-,48+,49-,50-,52+,53-,54+,55-,56+,57-,58-,59+,60-/m1/s1. The molecule has 0 spiro atoms. The van der Waals surface area contributed by atoms with Gasteiger partial charge in [-0.1, -0.05) is 58.1 Å². The SMILES string of the molecule is C=C1C[C@@H]2O[C@H]3[C@H](C[C@@]2(C)O[C@H]1C/C(C)=C/[C@@H](C)CO)O[C@@H]1C[C@@H]2O[C@@H]4CC[C@@H]5O[C@@H]6C[C@@H]7O[C@H](C[C@H](O)C[C@@H]8C[C@@H](C)[C@@H]([C@@H](C)CC(=O)O)O8)[C@@](C)(O)CC[C@H]7O[C@@]6(C)C[C@@]5(C)O[C@H]4C/C=C\[C@@H](C)[C@H]2O[C@@]1(C)[C@@H]3O. The van der Waals surface area contributed by atoms with Gasteiger partial charge in [-0.05, 0) is 123 Å². The zero-order valence-electron chi connectivity index (χ0n) is 47.2. The fourth-order valence-corrected chi connectivity index (χ4v) is 16.0. The summed E-state index contributed by atoms with van der Waals surface area (Å²) in [7, 11) is 0. The zero-order chi connectivity index (χ0) is 54.4. The number of fused-ring (bicyclic) bond motifs is 8. The summed E-state index contributed by atoms with van der Waals surface area (Å²) in [5.74, 6) is -0.759. The van der Waals surface area contributed by atoms with Crippen molar-refractivity contribution in [1.29, 1.82) is 0 Å². The first-order valence-electron chi connectivity index (χ1n) is 29.4. The van der Waals surface area contributed by atoms with Gasteiger partial charge in [0.1, 0.15) is 17.8 Å². The van der Waals surface area contributed by atoms with Gasteiger partial charge in [-0.25, -0.2) is 0 Å². The predicted molar refractivity (Wildman–Crippen MR) is 280 cm³/mol. The van der Waals surface area contributed by atoms with Crippen molar-refractivity contribution < 1.29 is 77.7 Å². The molecular formula is C60H94O16. The summed E-state index contributed by atoms with van der Waals surface area (Å²) in [5, 5.41) is 54.8. The molecule has 9 fully saturated rings. The van der Waals surface area contributed by atoms with Crippen LogP contribution in [0, 0.1) is 23.7 Å². The van der Waals surface area contributed by atoms with Crippen LogP contribution in [-0.2, 0) is 52.2 Å². The van der Waals surface area contributed by atoms with Crippen LogP contribution in [0.25, 0.3) is 0 Å². The Kier molecular flexibility index (Phi) is 16.5. The quantitative estimate of drug-likeness (QED) is 0.129. The Bertz CT molecular complexity index is 2150. The molecule has 0 unspecified atom stereocenters. The van der Waals surface area contributed by atoms with E-state index in [-0.39, 0.29) is 116 Å². The molecule has 0 saturated carbocycles. The Morgan fingerprint density at radius 1 is 0.789 bits per heavy atom. The molecular weight excluding hydrogens is 977 g/mol. The third-order valence-corrected chi connectivity index (χ3v) is 20.2. The van der Waals surface area contributed by atoms with Crippen LogP contribution in [0.5, 0.6) is 0 Å². The van der Waals surface area contributed by atoms with Gasteiger partial charge in [0.05, 0.1) is 126 Å². The monoisotopic (exact) mass is 1070 g/mol. The molecule has 27 atom stereocenters. The van der Waals surface area contributed by atoms with Crippen LogP contribution in [0.1, 0.15) is 166 Å². The molecule has 76 heavy (non-hydrogen) atoms. The van der Waals surface area contributed by atoms with Crippen molar-refractivity contribution in [3.05, 3.63) is 36.0 Å². The molecule has 16 nitrogen and oxygen atoms in total. The van der Waals surface area contributed by atoms with Gasteiger partial charge in [0.15, 0.2) is 0 Å². The number of carboxylic acid groups (broad SMARTS) is 1. The Morgan fingerprint density at radius 2 is 1.53 bits per heavy atom. The fourth-order valence-electron chi connectivity index (χ4n) is 16.0. The number of hydrogen-bond acceptors (Lipinski definition) is 15. The summed E-state index contributed by atoms with van der Waals surface area (Å²) in [6.07, 6.45) is 7.40. The van der Waals surface area contributed by atoms with Crippen LogP contribution in [0.2, 0.25) is 0 Å². The van der Waals surface area contributed by atoms with Crippen molar-refractivity contribution in [3.63, 3.8) is 0 Å². The van der Waals surface area contributed by atoms with Crippen molar-refractivity contribution in [2.75, 3.05) is 6.61 Å². The second kappa shape index (κ2) is 21.8. The Morgan fingerprint density at radius 3 is 2.28 bits per heavy atom. The lowest BCUT2D eigenvalue weighted by Crippen LogP contribution is -2.74. The molecule has 0 radical (unpaired) electrons. The number of ether oxygens (including phenoxy) is 10. The highest BCUT2D eigenvalue weighted by Gasteiger charge is 2.65. The molecule has 0 bridgehead atoms. The molecule has 10 aliphatic rings. The smallest absolute Gasteiger partial charge is 0.303 e. The Hall–Kier alpha value is -1.87. The predicted octanol–water partition coefficient (Wildman–Crippen LogP) is 7.23. The van der Waals surface area contributed by atoms with E-state index in [0.29, 0.717) is 77.0 Å². The summed E-state index contributed by atoms with van der Waals surface area (Å²) in [6.45, 7) is 24.9. The van der Waals surface area contributed by atoms with Gasteiger partial charge in [0, 0.05) is 44.6 Å². The van der Waals surface area contributed by atoms with Gasteiger partial charge in [-0.2, -0.15) is 0 Å². The second-order valence-corrected chi connectivity index (χ2v) is 27.0. The molecule has 9 saturated heterocycles. The van der Waals surface area contributed by atoms with Crippen molar-refractivity contribution in [1.82, 2.24) is 0 Å². The highest BCUT2D eigenvalue weighted by Crippen LogP contribution is 2.54. The first-order valence-corrected chi connectivity index (χ1v) is 29.4. The number of aliphatic hydroxyl groups is 4. The summed E-state index contributed by atoms with van der Waals surface area (Å²) < 4.78 is 70.0. The molecule has 16 heteroatoms. The lowest BCUT2D eigenvalue weighted by atomic mass is 9.72. The molecule has 5 N–H and O–H groups in total. The zero-order valence-corrected chi connectivity index (χ0v) is 47.2. The first-order chi connectivity index (χ1) is 35.8. The van der Waals surface area contributed by atoms with E-state index in [0.717, 1.165) is 17.6 Å². The van der Waals surface area contributed by atoms with Crippen LogP contribution in [0.4, 0.5) is 0 Å². The number of aliphatic hydroxyl groups excluding tert-OH is 3. The average molecular weight is 1070 g/mol. The van der Waals surface area contributed by atoms with E-state index in [4.69, 9.17) is 47.4 Å². The van der Waals surface area contributed by atoms with Crippen LogP contribution < -0.4 is 0 Å². The molecule has 0 aromatic carbocycles. The number of carbonyl (C=O) groups is 1. The van der Waals surface area contributed by atoms with E-state index in [2.05, 4.69) is 66.3 Å². The number of carboxylic acids is 1. The van der Waals surface area contributed by atoms with Gasteiger partial charge in [0.2, 0.25) is 0 Å². The molecule has 10 heterocycles. The normalized spacial score (nSPS) is 52.1. The van der Waals surface area contributed by atoms with Crippen molar-refractivity contribution in [3.8, 4) is 0 Å². The molecule has 0 aromatic heterocycles. The van der Waals surface area contributed by atoms with E-state index in [1.54, 1.807) is 6.92 Å². The number of rotatable bonds is 11. The maximum absolute atomic E-state index is 12.4. The van der Waals surface area contributed by atoms with Crippen LogP contribution in [0.3, 0.4) is 0 Å². The van der Waals surface area contributed by atoms with Crippen molar-refractivity contribution in [2.24, 2.45) is 23.7 Å². The van der Waals surface area contributed by atoms with Gasteiger partial charge < -0.3 is 72.9 Å². The Labute approximate surface area is 451 Å². The minimum Gasteiger partial charge on any atom is -0.481 e. The minimum atomic E-state index is -1.20. The van der Waals surface area contributed by atoms with Gasteiger partial charge in [0.25, 0.3) is 0 Å². The van der Waals surface area contributed by atoms with E-state index in [1.807, 2.05) is 20.8 Å². The molecule has 430 valence electrons. The lowest BCUT2D eigenvalue weighted by molar-refractivity contribution is -0.369. The summed E-state index contributed by atoms with van der Waals surface area (Å²) >= 11 is 0. The maximum Gasteiger partial charge on any atom is 0.303 e. The lowest BCUT2D eigenvalue weighted by Gasteiger charge is -2.61. The summed E-state index contributed by atoms with van der Waals surface area (Å²) in [6, 6.07) is 0. The van der Waals surface area contributed by atoms with Crippen LogP contribution in [-0.4, -0.2) is 176 Å². The molecule has 0 aromatic rings. The van der Waals surface area contributed by atoms with Crippen molar-refractivity contribution in [2.45, 2.75) is 303 Å². The third kappa shape index (κ3) is 11.2. The van der Waals surface area contributed by atoms with Gasteiger partial charge in [-0.3, -0.25) is 4.79 Å². The summed E-state index contributed by atoms with van der Waals surface area (Å²) in [4.78, 5) is 11.4. The first kappa shape index (κ1) is 57.4. The number of aliphatic carboxylic acids is 1. The van der Waals surface area contributed by atoms with E-state index >= 15 is 0 Å². The maximum atomic E-state index is 12.4. The molecule has 0 amide bonds. The highest BCUT2D eigenvalue weighted by atomic mass is 16.6.